The Hall–Kier alpha value is 0.480. The van der Waals surface area contributed by atoms with E-state index in [4.69, 9.17) is 8.37 Å². The monoisotopic (exact) mass is 1030 g/mol. The largest absolute Gasteiger partial charge is 2.00 e. The minimum atomic E-state index is -4.63. The Balaban J connectivity index is 0.000000224. The normalized spacial score (nSPS) is 41.3. The van der Waals surface area contributed by atoms with Gasteiger partial charge < -0.3 is 9.11 Å². The number of fused-ring (bicyclic) bond motifs is 10. The predicted molar refractivity (Wildman–Crippen MR) is 279 cm³/mol. The summed E-state index contributed by atoms with van der Waals surface area (Å²) in [6, 6.07) is 0. The second-order valence-electron chi connectivity index (χ2n) is 26.6. The maximum atomic E-state index is 11.2. The Labute approximate surface area is 453 Å². The average molecular weight is 1030 g/mol. The van der Waals surface area contributed by atoms with E-state index in [0.717, 1.165) is 96.7 Å². The van der Waals surface area contributed by atoms with Crippen LogP contribution in [0.4, 0.5) is 0 Å². The number of hydrogen-bond acceptors (Lipinski definition) is 8. The van der Waals surface area contributed by atoms with E-state index in [2.05, 4.69) is 95.2 Å². The van der Waals surface area contributed by atoms with Gasteiger partial charge in [0.2, 0.25) is 20.8 Å². The van der Waals surface area contributed by atoms with Gasteiger partial charge in [0, 0.05) is 0 Å². The minimum absolute atomic E-state index is 0. The van der Waals surface area contributed by atoms with Crippen molar-refractivity contribution in [2.24, 2.45) is 105 Å². The van der Waals surface area contributed by atoms with Crippen LogP contribution in [-0.2, 0) is 29.2 Å². The first kappa shape index (κ1) is 58.7. The zero-order chi connectivity index (χ0) is 49.8. The zero-order valence-corrected chi connectivity index (χ0v) is 49.6. The van der Waals surface area contributed by atoms with Gasteiger partial charge in [0.1, 0.15) is 0 Å². The molecule has 8 nitrogen and oxygen atoms in total. The maximum Gasteiger partial charge on any atom is 2.00 e. The van der Waals surface area contributed by atoms with Crippen molar-refractivity contribution >= 4 is 58.5 Å². The van der Waals surface area contributed by atoms with E-state index in [-0.39, 0.29) is 48.6 Å². The smallest absolute Gasteiger partial charge is 0.726 e. The van der Waals surface area contributed by atoms with Crippen LogP contribution in [0.25, 0.3) is 0 Å². The van der Waals surface area contributed by atoms with Gasteiger partial charge in [-0.3, -0.25) is 8.37 Å². The van der Waals surface area contributed by atoms with Crippen molar-refractivity contribution < 1.29 is 34.3 Å². The van der Waals surface area contributed by atoms with Crippen molar-refractivity contribution in [3.05, 3.63) is 23.3 Å². The molecule has 0 aromatic carbocycles. The van der Waals surface area contributed by atoms with Gasteiger partial charge >= 0.3 is 37.7 Å². The molecule has 8 aliphatic carbocycles. The SMILES string of the molecule is CC[C@H](CC[C@@H](C)[C@H]1CC[C@H]2[C@@H]3CC=C4C[C@@H](OS(=O)(=O)[O-])CC[C@]4(C)[C@H]3CC[C@]12C)C(C)C.CC[C@H](CC[C@@H](C)[C@H]1CC[C@H]2[C@@H]3CC=C4C[C@@H](OS(=O)(=O)[O-])CC[C@]4(C)[C@H]3CC[C@]12C)C(C)C.[Ca+2]. The molecule has 0 saturated heterocycles. The van der Waals surface area contributed by atoms with Crippen LogP contribution in [0.3, 0.4) is 0 Å². The fourth-order valence-corrected chi connectivity index (χ4v) is 20.1. The Morgan fingerprint density at radius 1 is 0.536 bits per heavy atom. The summed E-state index contributed by atoms with van der Waals surface area (Å²) in [5.74, 6) is 11.2. The second-order valence-corrected chi connectivity index (χ2v) is 28.7. The van der Waals surface area contributed by atoms with E-state index in [1.165, 1.54) is 101 Å². The molecule has 0 aromatic heterocycles. The molecule has 0 radical (unpaired) electrons. The fourth-order valence-electron chi connectivity index (χ4n) is 19.1. The molecule has 0 unspecified atom stereocenters. The summed E-state index contributed by atoms with van der Waals surface area (Å²) in [5.41, 5.74) is 3.95. The van der Waals surface area contributed by atoms with Crippen LogP contribution in [0.2, 0.25) is 0 Å². The third-order valence-corrected chi connectivity index (χ3v) is 24.1. The summed E-state index contributed by atoms with van der Waals surface area (Å²) < 4.78 is 76.6. The van der Waals surface area contributed by atoms with Crippen molar-refractivity contribution in [1.29, 1.82) is 0 Å². The first-order chi connectivity index (χ1) is 31.8. The van der Waals surface area contributed by atoms with Gasteiger partial charge in [-0.2, -0.15) is 0 Å². The Morgan fingerprint density at radius 2 is 0.899 bits per heavy atom. The molecular formula is C58H98CaO8S2. The standard InChI is InChI=1S/2C29H50O4S.Ca/c2*1-7-21(19(2)3)9-8-20(4)25-12-13-26-24-11-10-22-18-23(33-34(30,31)32)14-16-28(22,5)27(24)15-17-29(25,26)6;/h2*10,19-21,23-27H,7-9,11-18H2,1-6H3,(H,30,31,32);/q;;+2/p-2/t2*20-,21-,23+,24+,25-,26+,27+,28+,29-;/m11./s1. The summed E-state index contributed by atoms with van der Waals surface area (Å²) in [6.45, 7) is 29.5. The quantitative estimate of drug-likeness (QED) is 0.0646. The first-order valence-corrected chi connectivity index (χ1v) is 31.1. The van der Waals surface area contributed by atoms with Crippen molar-refractivity contribution in [1.82, 2.24) is 0 Å². The molecule has 11 heteroatoms. The average Bonchev–Trinajstić information content (AvgIpc) is 3.80. The molecule has 392 valence electrons. The third-order valence-electron chi connectivity index (χ3n) is 23.1. The molecule has 6 fully saturated rings. The van der Waals surface area contributed by atoms with E-state index in [9.17, 15) is 25.9 Å². The summed E-state index contributed by atoms with van der Waals surface area (Å²) >= 11 is 0. The molecular weight excluding hydrogens is 929 g/mol. The van der Waals surface area contributed by atoms with E-state index in [0.29, 0.717) is 48.3 Å². The van der Waals surface area contributed by atoms with Crippen molar-refractivity contribution in [2.75, 3.05) is 0 Å². The van der Waals surface area contributed by atoms with E-state index in [1.807, 2.05) is 0 Å². The van der Waals surface area contributed by atoms with E-state index in [1.54, 1.807) is 0 Å². The molecule has 8 rings (SSSR count). The summed E-state index contributed by atoms with van der Waals surface area (Å²) in [4.78, 5) is 0. The topological polar surface area (TPSA) is 133 Å². The fraction of sp³-hybridized carbons (Fsp3) is 0.931. The van der Waals surface area contributed by atoms with Crippen LogP contribution >= 0.6 is 0 Å². The minimum Gasteiger partial charge on any atom is -0.726 e. The van der Waals surface area contributed by atoms with Gasteiger partial charge in [-0.25, -0.2) is 16.8 Å². The Bertz CT molecular complexity index is 1880. The summed E-state index contributed by atoms with van der Waals surface area (Å²) in [7, 11) is -9.27. The second kappa shape index (κ2) is 23.0. The molecule has 0 N–H and O–H groups in total. The number of rotatable bonds is 16. The first-order valence-electron chi connectivity index (χ1n) is 28.4. The number of hydrogen-bond donors (Lipinski definition) is 0. The molecule has 0 aliphatic heterocycles. The third kappa shape index (κ3) is 12.4. The van der Waals surface area contributed by atoms with Crippen LogP contribution in [0, 0.1) is 105 Å². The Morgan fingerprint density at radius 3 is 1.22 bits per heavy atom. The molecule has 0 heterocycles. The van der Waals surface area contributed by atoms with Gasteiger partial charge in [0.25, 0.3) is 0 Å². The molecule has 0 bridgehead atoms. The molecule has 0 spiro atoms. The van der Waals surface area contributed by atoms with Crippen molar-refractivity contribution in [2.45, 2.75) is 237 Å². The maximum absolute atomic E-state index is 11.2. The zero-order valence-electron chi connectivity index (χ0n) is 45.7. The van der Waals surface area contributed by atoms with E-state index >= 15 is 0 Å². The van der Waals surface area contributed by atoms with Crippen molar-refractivity contribution in [3.63, 3.8) is 0 Å². The van der Waals surface area contributed by atoms with Crippen LogP contribution in [0.15, 0.2) is 23.3 Å². The van der Waals surface area contributed by atoms with Crippen LogP contribution in [0.1, 0.15) is 224 Å². The number of allylic oxidation sites excluding steroid dienone is 2. The van der Waals surface area contributed by atoms with Crippen LogP contribution < -0.4 is 0 Å². The van der Waals surface area contributed by atoms with Gasteiger partial charge in [-0.15, -0.1) is 0 Å². The van der Waals surface area contributed by atoms with Crippen molar-refractivity contribution in [3.8, 4) is 0 Å². The van der Waals surface area contributed by atoms with Crippen LogP contribution in [0.5, 0.6) is 0 Å². The van der Waals surface area contributed by atoms with Gasteiger partial charge in [0.05, 0.1) is 12.2 Å². The molecule has 69 heavy (non-hydrogen) atoms. The molecule has 18 atom stereocenters. The van der Waals surface area contributed by atoms with Gasteiger partial charge in [-0.1, -0.05) is 132 Å². The van der Waals surface area contributed by atoms with Gasteiger partial charge in [-0.05, 0) is 220 Å². The molecule has 6 saturated carbocycles. The summed E-state index contributed by atoms with van der Waals surface area (Å²) in [6.07, 6.45) is 29.6. The Kier molecular flexibility index (Phi) is 19.6. The predicted octanol–water partition coefficient (Wildman–Crippen LogP) is 14.6. The summed E-state index contributed by atoms with van der Waals surface area (Å²) in [5, 5.41) is 0. The van der Waals surface area contributed by atoms with Crippen LogP contribution in [-0.4, -0.2) is 75.9 Å². The molecule has 0 aromatic rings. The van der Waals surface area contributed by atoms with E-state index < -0.39 is 33.0 Å². The molecule has 8 aliphatic rings. The van der Waals surface area contributed by atoms with Gasteiger partial charge in [0.15, 0.2) is 0 Å². The molecule has 0 amide bonds.